The average Bonchev–Trinajstić information content (AvgIpc) is 2.74. The Kier molecular flexibility index (Phi) is 4.96. The highest BCUT2D eigenvalue weighted by Crippen LogP contribution is 2.09. The Morgan fingerprint density at radius 1 is 1.43 bits per heavy atom. The van der Waals surface area contributed by atoms with Gasteiger partial charge in [-0.2, -0.15) is 5.10 Å². The number of hydrogen-bond acceptors (Lipinski definition) is 3. The van der Waals surface area contributed by atoms with Gasteiger partial charge in [-0.15, -0.1) is 0 Å². The number of hydrogen-bond donors (Lipinski definition) is 1. The van der Waals surface area contributed by atoms with Gasteiger partial charge in [0.2, 0.25) is 0 Å². The maximum Gasteiger partial charge on any atom is 0.269 e. The van der Waals surface area contributed by atoms with Gasteiger partial charge in [0.15, 0.2) is 0 Å². The number of pyridine rings is 1. The van der Waals surface area contributed by atoms with Crippen molar-refractivity contribution in [2.24, 2.45) is 5.92 Å². The number of amides is 1. The predicted molar refractivity (Wildman–Crippen MR) is 82.4 cm³/mol. The number of carbonyl (C=O) groups excluding carboxylic acids is 1. The smallest absolute Gasteiger partial charge is 0.269 e. The van der Waals surface area contributed by atoms with E-state index in [0.29, 0.717) is 17.3 Å². The lowest BCUT2D eigenvalue weighted by atomic mass is 10.2. The summed E-state index contributed by atoms with van der Waals surface area (Å²) in [7, 11) is 0. The van der Waals surface area contributed by atoms with E-state index in [4.69, 9.17) is 11.6 Å². The summed E-state index contributed by atoms with van der Waals surface area (Å²) in [6.07, 6.45) is 1.52. The lowest BCUT2D eigenvalue weighted by Crippen LogP contribution is -2.30. The molecular weight excluding hydrogens is 288 g/mol. The maximum atomic E-state index is 12.0. The normalized spacial score (nSPS) is 12.2. The van der Waals surface area contributed by atoms with Crippen molar-refractivity contribution in [2.45, 2.75) is 27.3 Å². The lowest BCUT2D eigenvalue weighted by molar-refractivity contribution is 0.0941. The van der Waals surface area contributed by atoms with Crippen molar-refractivity contribution < 1.29 is 4.79 Å². The predicted octanol–water partition coefficient (Wildman–Crippen LogP) is 2.61. The molecule has 1 atom stereocenters. The molecule has 0 bridgehead atoms. The van der Waals surface area contributed by atoms with Gasteiger partial charge in [-0.3, -0.25) is 14.5 Å². The molecule has 1 amide bonds. The average molecular weight is 307 g/mol. The van der Waals surface area contributed by atoms with E-state index in [1.54, 1.807) is 12.1 Å². The Balaban J connectivity index is 1.88. The highest BCUT2D eigenvalue weighted by atomic mass is 35.5. The summed E-state index contributed by atoms with van der Waals surface area (Å²) in [6.45, 7) is 7.40. The van der Waals surface area contributed by atoms with Crippen LogP contribution < -0.4 is 5.32 Å². The molecule has 0 aliphatic rings. The van der Waals surface area contributed by atoms with Gasteiger partial charge >= 0.3 is 0 Å². The van der Waals surface area contributed by atoms with Crippen LogP contribution in [0.1, 0.15) is 28.8 Å². The van der Waals surface area contributed by atoms with Crippen LogP contribution in [0.25, 0.3) is 0 Å². The first kappa shape index (κ1) is 15.5. The second-order valence-electron chi connectivity index (χ2n) is 5.28. The van der Waals surface area contributed by atoms with E-state index in [9.17, 15) is 4.79 Å². The van der Waals surface area contributed by atoms with Crippen LogP contribution in [0, 0.1) is 19.8 Å². The molecule has 112 valence electrons. The van der Waals surface area contributed by atoms with Crippen LogP contribution in [0.5, 0.6) is 0 Å². The topological polar surface area (TPSA) is 59.8 Å². The number of carbonyl (C=O) groups is 1. The Labute approximate surface area is 129 Å². The summed E-state index contributed by atoms with van der Waals surface area (Å²) < 4.78 is 1.96. The van der Waals surface area contributed by atoms with Crippen LogP contribution in [-0.2, 0) is 6.54 Å². The number of halogens is 1. The molecule has 1 unspecified atom stereocenters. The third-order valence-electron chi connectivity index (χ3n) is 3.15. The van der Waals surface area contributed by atoms with Crippen molar-refractivity contribution in [1.82, 2.24) is 20.1 Å². The van der Waals surface area contributed by atoms with Gasteiger partial charge in [-0.05, 0) is 38.0 Å². The fourth-order valence-corrected chi connectivity index (χ4v) is 2.27. The standard InChI is InChI=1S/C15H19ClN4O/c1-10(9-20-12(3)6-11(2)19-20)8-18-15(21)14-7-13(16)4-5-17-14/h4-7,10H,8-9H2,1-3H3,(H,18,21). The Bertz CT molecular complexity index is 638. The summed E-state index contributed by atoms with van der Waals surface area (Å²) in [5.41, 5.74) is 2.47. The zero-order chi connectivity index (χ0) is 15.4. The first-order valence-electron chi connectivity index (χ1n) is 6.86. The SMILES string of the molecule is Cc1cc(C)n(CC(C)CNC(=O)c2cc(Cl)ccn2)n1. The molecule has 0 radical (unpaired) electrons. The number of rotatable bonds is 5. The Morgan fingerprint density at radius 3 is 2.81 bits per heavy atom. The van der Waals surface area contributed by atoms with Crippen molar-refractivity contribution in [2.75, 3.05) is 6.54 Å². The largest absolute Gasteiger partial charge is 0.350 e. The molecule has 0 aromatic carbocycles. The molecule has 1 N–H and O–H groups in total. The summed E-state index contributed by atoms with van der Waals surface area (Å²) in [4.78, 5) is 16.0. The molecule has 2 rings (SSSR count). The van der Waals surface area contributed by atoms with Crippen molar-refractivity contribution in [3.8, 4) is 0 Å². The molecule has 0 saturated heterocycles. The van der Waals surface area contributed by atoms with Crippen LogP contribution >= 0.6 is 11.6 Å². The van der Waals surface area contributed by atoms with Gasteiger partial charge in [0, 0.05) is 30.0 Å². The third-order valence-corrected chi connectivity index (χ3v) is 3.39. The third kappa shape index (κ3) is 4.29. The van der Waals surface area contributed by atoms with E-state index in [2.05, 4.69) is 22.3 Å². The Hall–Kier alpha value is -1.88. The quantitative estimate of drug-likeness (QED) is 0.923. The monoisotopic (exact) mass is 306 g/mol. The minimum absolute atomic E-state index is 0.210. The van der Waals surface area contributed by atoms with Gasteiger partial charge in [0.1, 0.15) is 5.69 Å². The number of aryl methyl sites for hydroxylation is 2. The molecule has 0 fully saturated rings. The van der Waals surface area contributed by atoms with Gasteiger partial charge in [0.25, 0.3) is 5.91 Å². The van der Waals surface area contributed by atoms with Gasteiger partial charge < -0.3 is 5.32 Å². The molecule has 21 heavy (non-hydrogen) atoms. The van der Waals surface area contributed by atoms with Gasteiger partial charge in [-0.1, -0.05) is 18.5 Å². The summed E-state index contributed by atoms with van der Waals surface area (Å²) >= 11 is 5.85. The van der Waals surface area contributed by atoms with Crippen LogP contribution in [0.3, 0.4) is 0 Å². The highest BCUT2D eigenvalue weighted by molar-refractivity contribution is 6.30. The first-order chi connectivity index (χ1) is 9.95. The van der Waals surface area contributed by atoms with Crippen molar-refractivity contribution in [3.63, 3.8) is 0 Å². The molecule has 5 nitrogen and oxygen atoms in total. The molecule has 2 heterocycles. The van der Waals surface area contributed by atoms with Crippen LogP contribution in [0.4, 0.5) is 0 Å². The van der Waals surface area contributed by atoms with E-state index >= 15 is 0 Å². The molecule has 6 heteroatoms. The fraction of sp³-hybridized carbons (Fsp3) is 0.400. The molecule has 0 spiro atoms. The molecule has 0 aliphatic carbocycles. The van der Waals surface area contributed by atoms with E-state index in [1.165, 1.54) is 6.20 Å². The fourth-order valence-electron chi connectivity index (χ4n) is 2.11. The summed E-state index contributed by atoms with van der Waals surface area (Å²) in [5, 5.41) is 7.80. The number of nitrogens with one attached hydrogen (secondary N) is 1. The van der Waals surface area contributed by atoms with E-state index in [0.717, 1.165) is 17.9 Å². The van der Waals surface area contributed by atoms with Crippen molar-refractivity contribution in [1.29, 1.82) is 0 Å². The van der Waals surface area contributed by atoms with Crippen LogP contribution in [-0.4, -0.2) is 27.2 Å². The van der Waals surface area contributed by atoms with E-state index < -0.39 is 0 Å². The summed E-state index contributed by atoms with van der Waals surface area (Å²) in [6, 6.07) is 5.24. The van der Waals surface area contributed by atoms with Crippen LogP contribution in [0.2, 0.25) is 5.02 Å². The van der Waals surface area contributed by atoms with Crippen molar-refractivity contribution >= 4 is 17.5 Å². The summed E-state index contributed by atoms with van der Waals surface area (Å²) in [5.74, 6) is 0.0591. The second kappa shape index (κ2) is 6.72. The van der Waals surface area contributed by atoms with E-state index in [-0.39, 0.29) is 11.8 Å². The van der Waals surface area contributed by atoms with Crippen molar-refractivity contribution in [3.05, 3.63) is 46.5 Å². The molecule has 2 aromatic rings. The zero-order valence-electron chi connectivity index (χ0n) is 12.4. The molecular formula is C15H19ClN4O. The van der Waals surface area contributed by atoms with E-state index in [1.807, 2.05) is 24.6 Å². The minimum atomic E-state index is -0.210. The number of aromatic nitrogens is 3. The molecule has 0 aliphatic heterocycles. The minimum Gasteiger partial charge on any atom is -0.350 e. The first-order valence-corrected chi connectivity index (χ1v) is 7.24. The second-order valence-corrected chi connectivity index (χ2v) is 5.72. The molecule has 0 saturated carbocycles. The highest BCUT2D eigenvalue weighted by Gasteiger charge is 2.11. The number of nitrogens with zero attached hydrogens (tertiary/aromatic N) is 3. The van der Waals surface area contributed by atoms with Crippen LogP contribution in [0.15, 0.2) is 24.4 Å². The Morgan fingerprint density at radius 2 is 2.19 bits per heavy atom. The zero-order valence-corrected chi connectivity index (χ0v) is 13.2. The van der Waals surface area contributed by atoms with Gasteiger partial charge in [0.05, 0.1) is 5.69 Å². The molecule has 2 aromatic heterocycles. The maximum absolute atomic E-state index is 12.0. The lowest BCUT2D eigenvalue weighted by Gasteiger charge is -2.13. The van der Waals surface area contributed by atoms with Gasteiger partial charge in [-0.25, -0.2) is 0 Å².